The lowest BCUT2D eigenvalue weighted by Gasteiger charge is -2.29. The van der Waals surface area contributed by atoms with Crippen molar-refractivity contribution in [1.82, 2.24) is 15.2 Å². The zero-order valence-electron chi connectivity index (χ0n) is 16.1. The summed E-state index contributed by atoms with van der Waals surface area (Å²) in [7, 11) is 0. The van der Waals surface area contributed by atoms with Crippen molar-refractivity contribution >= 4 is 17.5 Å². The van der Waals surface area contributed by atoms with Gasteiger partial charge in [-0.25, -0.2) is 0 Å². The van der Waals surface area contributed by atoms with E-state index in [0.717, 1.165) is 4.90 Å². The number of nitrogens with one attached hydrogen (secondary N) is 1. The van der Waals surface area contributed by atoms with Crippen LogP contribution in [0.15, 0.2) is 60.1 Å². The smallest absolute Gasteiger partial charge is 0.345 e. The van der Waals surface area contributed by atoms with Crippen molar-refractivity contribution in [3.05, 3.63) is 76.9 Å². The van der Waals surface area contributed by atoms with Crippen molar-refractivity contribution < 1.29 is 27.9 Å². The van der Waals surface area contributed by atoms with Crippen molar-refractivity contribution in [3.8, 4) is 0 Å². The van der Waals surface area contributed by atoms with Crippen LogP contribution in [0.1, 0.15) is 33.3 Å². The number of Topliss-reactive ketones (excluding diaryl/α,β-unsaturated/α-hetero) is 2. The number of ketones is 2. The number of hydrogen-bond donors (Lipinski definition) is 1. The van der Waals surface area contributed by atoms with Gasteiger partial charge >= 0.3 is 6.61 Å². The van der Waals surface area contributed by atoms with E-state index in [9.17, 15) is 23.2 Å². The maximum Gasteiger partial charge on any atom is 0.345 e. The zero-order valence-corrected chi connectivity index (χ0v) is 16.1. The van der Waals surface area contributed by atoms with Crippen LogP contribution in [-0.4, -0.2) is 47.1 Å². The number of hydrogen-bond acceptors (Lipinski definition) is 6. The highest BCUT2D eigenvalue weighted by molar-refractivity contribution is 6.27. The molecule has 0 fully saturated rings. The largest absolute Gasteiger partial charge is 0.374 e. The lowest BCUT2D eigenvalue weighted by atomic mass is 9.89. The molecule has 0 spiro atoms. The Morgan fingerprint density at radius 2 is 1.77 bits per heavy atom. The van der Waals surface area contributed by atoms with Crippen LogP contribution in [-0.2, 0) is 16.1 Å². The number of nitrogens with zero attached hydrogens (tertiary/aromatic N) is 2. The topological polar surface area (TPSA) is 88.6 Å². The van der Waals surface area contributed by atoms with Gasteiger partial charge in [0.2, 0.25) is 17.5 Å². The van der Waals surface area contributed by atoms with Gasteiger partial charge in [0.15, 0.2) is 0 Å². The number of rotatable bonds is 8. The highest BCUT2D eigenvalue weighted by Crippen LogP contribution is 2.27. The van der Waals surface area contributed by atoms with Crippen LogP contribution < -0.4 is 5.32 Å². The molecule has 30 heavy (non-hydrogen) atoms. The summed E-state index contributed by atoms with van der Waals surface area (Å²) in [6, 6.07) is 11.5. The van der Waals surface area contributed by atoms with E-state index in [4.69, 9.17) is 0 Å². The monoisotopic (exact) mass is 415 g/mol. The first-order valence-electron chi connectivity index (χ1n) is 9.14. The summed E-state index contributed by atoms with van der Waals surface area (Å²) >= 11 is 0. The fourth-order valence-corrected chi connectivity index (χ4v) is 3.13. The highest BCUT2D eigenvalue weighted by atomic mass is 19.3. The molecule has 3 rings (SSSR count). The third-order valence-electron chi connectivity index (χ3n) is 4.48. The van der Waals surface area contributed by atoms with Crippen LogP contribution in [0.3, 0.4) is 0 Å². The second kappa shape index (κ2) is 9.36. The van der Waals surface area contributed by atoms with E-state index in [0.29, 0.717) is 5.69 Å². The Kier molecular flexibility index (Phi) is 6.63. The molecule has 1 N–H and O–H groups in total. The van der Waals surface area contributed by atoms with Crippen molar-refractivity contribution in [2.24, 2.45) is 0 Å². The van der Waals surface area contributed by atoms with E-state index in [-0.39, 0.29) is 35.6 Å². The van der Waals surface area contributed by atoms with E-state index in [1.807, 2.05) is 0 Å². The predicted octanol–water partition coefficient (Wildman–Crippen LogP) is 2.55. The van der Waals surface area contributed by atoms with Crippen LogP contribution >= 0.6 is 0 Å². The van der Waals surface area contributed by atoms with Crippen LogP contribution in [0.2, 0.25) is 0 Å². The van der Waals surface area contributed by atoms with E-state index in [1.54, 1.807) is 36.5 Å². The van der Waals surface area contributed by atoms with E-state index in [2.05, 4.69) is 15.0 Å². The second-order valence-electron chi connectivity index (χ2n) is 6.40. The van der Waals surface area contributed by atoms with E-state index >= 15 is 0 Å². The van der Waals surface area contributed by atoms with Crippen LogP contribution in [0.4, 0.5) is 8.78 Å². The number of fused-ring (bicyclic) bond motifs is 1. The summed E-state index contributed by atoms with van der Waals surface area (Å²) < 4.78 is 29.0. The molecule has 1 amide bonds. The van der Waals surface area contributed by atoms with Crippen LogP contribution in [0.5, 0.6) is 0 Å². The van der Waals surface area contributed by atoms with Gasteiger partial charge in [-0.05, 0) is 12.1 Å². The molecule has 0 radical (unpaired) electrons. The number of alkyl halides is 2. The van der Waals surface area contributed by atoms with Gasteiger partial charge in [0.25, 0.3) is 0 Å². The molecule has 1 aliphatic carbocycles. The first-order valence-corrected chi connectivity index (χ1v) is 9.14. The quantitative estimate of drug-likeness (QED) is 0.713. The van der Waals surface area contributed by atoms with Gasteiger partial charge in [0.1, 0.15) is 11.4 Å². The SMILES string of the molecule is CC(=O)N(CCOC(F)F)C1=C(NCc2ccccn2)C(=O)c2ccccc2C1=O. The minimum Gasteiger partial charge on any atom is -0.374 e. The summed E-state index contributed by atoms with van der Waals surface area (Å²) in [5.74, 6) is -1.61. The van der Waals surface area contributed by atoms with Crippen molar-refractivity contribution in [1.29, 1.82) is 0 Å². The molecule has 156 valence electrons. The molecule has 0 unspecified atom stereocenters. The number of pyridine rings is 1. The van der Waals surface area contributed by atoms with Gasteiger partial charge in [-0.2, -0.15) is 8.78 Å². The maximum atomic E-state index is 13.2. The Labute approximate surface area is 171 Å². The van der Waals surface area contributed by atoms with Gasteiger partial charge < -0.3 is 15.0 Å². The number of benzene rings is 1. The summed E-state index contributed by atoms with van der Waals surface area (Å²) in [6.45, 7) is -2.52. The van der Waals surface area contributed by atoms with Crippen molar-refractivity contribution in [3.63, 3.8) is 0 Å². The van der Waals surface area contributed by atoms with Crippen molar-refractivity contribution in [2.45, 2.75) is 20.1 Å². The fraction of sp³-hybridized carbons (Fsp3) is 0.238. The minimum absolute atomic E-state index is 0.0865. The average Bonchev–Trinajstić information content (AvgIpc) is 2.73. The minimum atomic E-state index is -3.01. The van der Waals surface area contributed by atoms with Crippen molar-refractivity contribution in [2.75, 3.05) is 13.2 Å². The Balaban J connectivity index is 2.01. The van der Waals surface area contributed by atoms with E-state index in [1.165, 1.54) is 19.1 Å². The summed E-state index contributed by atoms with van der Waals surface area (Å²) in [5, 5.41) is 2.91. The average molecular weight is 415 g/mol. The highest BCUT2D eigenvalue weighted by Gasteiger charge is 2.36. The maximum absolute atomic E-state index is 13.2. The lowest BCUT2D eigenvalue weighted by molar-refractivity contribution is -0.139. The molecular weight excluding hydrogens is 396 g/mol. The van der Waals surface area contributed by atoms with Gasteiger partial charge in [-0.1, -0.05) is 30.3 Å². The second-order valence-corrected chi connectivity index (χ2v) is 6.40. The van der Waals surface area contributed by atoms with Gasteiger partial charge in [0, 0.05) is 30.8 Å². The summed E-state index contributed by atoms with van der Waals surface area (Å²) in [4.78, 5) is 43.7. The Bertz CT molecular complexity index is 993. The number of carbonyl (C=O) groups is 3. The number of halogens is 2. The number of carbonyl (C=O) groups excluding carboxylic acids is 3. The molecular formula is C21H19F2N3O4. The van der Waals surface area contributed by atoms with Crippen LogP contribution in [0.25, 0.3) is 0 Å². The third kappa shape index (κ3) is 4.57. The number of amides is 1. The number of aromatic nitrogens is 1. The fourth-order valence-electron chi connectivity index (χ4n) is 3.13. The molecule has 0 saturated carbocycles. The molecule has 1 heterocycles. The number of allylic oxidation sites excluding steroid dienone is 2. The molecule has 2 aromatic rings. The Morgan fingerprint density at radius 1 is 1.10 bits per heavy atom. The molecule has 0 saturated heterocycles. The van der Waals surface area contributed by atoms with Gasteiger partial charge in [-0.3, -0.25) is 19.4 Å². The first kappa shape index (κ1) is 21.3. The Hall–Kier alpha value is -3.46. The Morgan fingerprint density at radius 3 is 2.37 bits per heavy atom. The van der Waals surface area contributed by atoms with Gasteiger partial charge in [0.05, 0.1) is 18.8 Å². The number of ether oxygens (including phenoxy) is 1. The zero-order chi connectivity index (χ0) is 21.7. The molecule has 0 atom stereocenters. The molecule has 0 bridgehead atoms. The molecule has 9 heteroatoms. The predicted molar refractivity (Wildman–Crippen MR) is 103 cm³/mol. The van der Waals surface area contributed by atoms with Crippen LogP contribution in [0, 0.1) is 0 Å². The molecule has 0 aliphatic heterocycles. The van der Waals surface area contributed by atoms with E-state index < -0.39 is 30.7 Å². The third-order valence-corrected chi connectivity index (χ3v) is 4.48. The lowest BCUT2D eigenvalue weighted by Crippen LogP contribution is -2.42. The van der Waals surface area contributed by atoms with Gasteiger partial charge in [-0.15, -0.1) is 0 Å². The molecule has 1 aliphatic rings. The molecule has 1 aromatic carbocycles. The normalized spacial score (nSPS) is 13.5. The molecule has 1 aromatic heterocycles. The summed E-state index contributed by atoms with van der Waals surface area (Å²) in [5.41, 5.74) is 0.666. The summed E-state index contributed by atoms with van der Waals surface area (Å²) in [6.07, 6.45) is 1.58. The first-order chi connectivity index (χ1) is 14.4. The molecule has 7 nitrogen and oxygen atoms in total. The standard InChI is InChI=1S/C21H19F2N3O4/c1-13(27)26(10-11-30-21(22)23)18-17(25-12-14-6-4-5-9-24-14)19(28)15-7-2-3-8-16(15)20(18)29/h2-9,21,25H,10-12H2,1H3.